The lowest BCUT2D eigenvalue weighted by Gasteiger charge is -2.31. The number of rotatable bonds is 6. The fourth-order valence-electron chi connectivity index (χ4n) is 3.70. The molecule has 0 unspecified atom stereocenters. The van der Waals surface area contributed by atoms with Crippen molar-refractivity contribution in [1.82, 2.24) is 9.97 Å². The Kier molecular flexibility index (Phi) is 5.78. The van der Waals surface area contributed by atoms with Crippen LogP contribution in [-0.4, -0.2) is 18.4 Å². The molecule has 0 saturated heterocycles. The highest BCUT2D eigenvalue weighted by Gasteiger charge is 2.29. The SMILES string of the molecule is CC1(C)CCCC=C1c1cc(Oc2ccccc2)nc(NS(=O)(=O)c2ccccc2)n1. The van der Waals surface area contributed by atoms with Crippen molar-refractivity contribution in [2.45, 2.75) is 38.0 Å². The van der Waals surface area contributed by atoms with E-state index in [9.17, 15) is 8.42 Å². The third-order valence-electron chi connectivity index (χ3n) is 5.31. The van der Waals surface area contributed by atoms with Crippen LogP contribution in [0.2, 0.25) is 0 Å². The summed E-state index contributed by atoms with van der Waals surface area (Å²) in [5.74, 6) is 0.875. The van der Waals surface area contributed by atoms with Gasteiger partial charge < -0.3 is 4.74 Å². The minimum absolute atomic E-state index is 0.0189. The third kappa shape index (κ3) is 4.94. The van der Waals surface area contributed by atoms with Gasteiger partial charge >= 0.3 is 0 Å². The van der Waals surface area contributed by atoms with Crippen molar-refractivity contribution in [2.24, 2.45) is 5.41 Å². The summed E-state index contributed by atoms with van der Waals surface area (Å²) in [5.41, 5.74) is 1.65. The number of hydrogen-bond acceptors (Lipinski definition) is 5. The van der Waals surface area contributed by atoms with Crippen LogP contribution in [0.1, 0.15) is 38.8 Å². The first-order valence-corrected chi connectivity index (χ1v) is 11.7. The van der Waals surface area contributed by atoms with E-state index >= 15 is 0 Å². The predicted octanol–water partition coefficient (Wildman–Crippen LogP) is 5.66. The van der Waals surface area contributed by atoms with Crippen molar-refractivity contribution in [2.75, 3.05) is 4.72 Å². The number of nitrogens with one attached hydrogen (secondary N) is 1. The molecule has 3 aromatic rings. The quantitative estimate of drug-likeness (QED) is 0.540. The summed E-state index contributed by atoms with van der Waals surface area (Å²) < 4.78 is 34.1. The summed E-state index contributed by atoms with van der Waals surface area (Å²) in [5, 5.41) is 0. The first-order chi connectivity index (χ1) is 14.8. The van der Waals surface area contributed by atoms with Crippen molar-refractivity contribution in [3.8, 4) is 11.6 Å². The number of benzene rings is 2. The second-order valence-electron chi connectivity index (χ2n) is 8.14. The van der Waals surface area contributed by atoms with Crippen LogP contribution in [-0.2, 0) is 10.0 Å². The normalized spacial score (nSPS) is 15.7. The van der Waals surface area contributed by atoms with E-state index in [1.807, 2.05) is 30.3 Å². The lowest BCUT2D eigenvalue weighted by atomic mass is 9.74. The van der Waals surface area contributed by atoms with Crippen molar-refractivity contribution in [1.29, 1.82) is 0 Å². The highest BCUT2D eigenvalue weighted by Crippen LogP contribution is 2.42. The van der Waals surface area contributed by atoms with E-state index in [4.69, 9.17) is 4.74 Å². The van der Waals surface area contributed by atoms with Gasteiger partial charge in [-0.15, -0.1) is 0 Å². The molecular formula is C24H25N3O3S. The second-order valence-corrected chi connectivity index (χ2v) is 9.83. The van der Waals surface area contributed by atoms with Crippen molar-refractivity contribution < 1.29 is 13.2 Å². The molecule has 1 aliphatic carbocycles. The van der Waals surface area contributed by atoms with E-state index in [-0.39, 0.29) is 22.1 Å². The van der Waals surface area contributed by atoms with Crippen LogP contribution in [0, 0.1) is 5.41 Å². The summed E-state index contributed by atoms with van der Waals surface area (Å²) >= 11 is 0. The van der Waals surface area contributed by atoms with Gasteiger partial charge in [-0.05, 0) is 54.5 Å². The maximum Gasteiger partial charge on any atom is 0.264 e. The highest BCUT2D eigenvalue weighted by molar-refractivity contribution is 7.92. The Bertz CT molecular complexity index is 1190. The molecule has 0 fully saturated rings. The van der Waals surface area contributed by atoms with Crippen molar-refractivity contribution >= 4 is 21.5 Å². The Labute approximate surface area is 183 Å². The minimum Gasteiger partial charge on any atom is -0.439 e. The molecule has 0 saturated carbocycles. The Hall–Kier alpha value is -3.19. The summed E-state index contributed by atoms with van der Waals surface area (Å²) in [6.45, 7) is 4.34. The van der Waals surface area contributed by atoms with Crippen LogP contribution >= 0.6 is 0 Å². The molecule has 0 atom stereocenters. The molecule has 7 heteroatoms. The number of sulfonamides is 1. The maximum absolute atomic E-state index is 12.8. The van der Waals surface area contributed by atoms with Gasteiger partial charge in [-0.1, -0.05) is 56.3 Å². The zero-order chi connectivity index (χ0) is 21.9. The van der Waals surface area contributed by atoms with Crippen LogP contribution in [0.3, 0.4) is 0 Å². The first-order valence-electron chi connectivity index (χ1n) is 10.2. The molecule has 6 nitrogen and oxygen atoms in total. The lowest BCUT2D eigenvalue weighted by molar-refractivity contribution is 0.422. The lowest BCUT2D eigenvalue weighted by Crippen LogP contribution is -2.20. The smallest absolute Gasteiger partial charge is 0.264 e. The van der Waals surface area contributed by atoms with E-state index in [2.05, 4.69) is 34.6 Å². The summed E-state index contributed by atoms with van der Waals surface area (Å²) in [7, 11) is -3.83. The number of anilines is 1. The van der Waals surface area contributed by atoms with Gasteiger partial charge in [0.15, 0.2) is 0 Å². The molecule has 0 aliphatic heterocycles. The number of aromatic nitrogens is 2. The molecule has 0 bridgehead atoms. The molecule has 1 aliphatic rings. The van der Waals surface area contributed by atoms with Crippen LogP contribution in [0.15, 0.2) is 77.7 Å². The molecule has 4 rings (SSSR count). The molecule has 1 aromatic heterocycles. The monoisotopic (exact) mass is 435 g/mol. The van der Waals surface area contributed by atoms with Crippen LogP contribution < -0.4 is 9.46 Å². The van der Waals surface area contributed by atoms with Crippen LogP contribution in [0.5, 0.6) is 11.6 Å². The highest BCUT2D eigenvalue weighted by atomic mass is 32.2. The van der Waals surface area contributed by atoms with Gasteiger partial charge in [0.1, 0.15) is 5.75 Å². The number of para-hydroxylation sites is 1. The van der Waals surface area contributed by atoms with Gasteiger partial charge in [0, 0.05) is 6.07 Å². The Morgan fingerprint density at radius 2 is 1.65 bits per heavy atom. The van der Waals surface area contributed by atoms with Gasteiger partial charge in [-0.2, -0.15) is 4.98 Å². The van der Waals surface area contributed by atoms with E-state index in [1.54, 1.807) is 24.3 Å². The molecular weight excluding hydrogens is 410 g/mol. The Morgan fingerprint density at radius 1 is 0.968 bits per heavy atom. The standard InChI is InChI=1S/C24H25N3O3S/c1-24(2)16-10-9-15-20(24)21-17-22(30-18-11-5-3-6-12-18)26-23(25-21)27-31(28,29)19-13-7-4-8-14-19/h3-8,11-15,17H,9-10,16H2,1-2H3,(H,25,26,27). The maximum atomic E-state index is 12.8. The molecule has 160 valence electrons. The summed E-state index contributed by atoms with van der Waals surface area (Å²) in [6.07, 6.45) is 5.28. The van der Waals surface area contributed by atoms with Gasteiger partial charge in [-0.25, -0.2) is 18.1 Å². The van der Waals surface area contributed by atoms with E-state index in [0.717, 1.165) is 24.8 Å². The number of allylic oxidation sites excluding steroid dienone is 2. The van der Waals surface area contributed by atoms with Gasteiger partial charge in [0.25, 0.3) is 10.0 Å². The fourth-order valence-corrected chi connectivity index (χ4v) is 4.67. The van der Waals surface area contributed by atoms with Crippen LogP contribution in [0.25, 0.3) is 5.57 Å². The van der Waals surface area contributed by atoms with Gasteiger partial charge in [-0.3, -0.25) is 0 Å². The third-order valence-corrected chi connectivity index (χ3v) is 6.65. The number of hydrogen-bond donors (Lipinski definition) is 1. The largest absolute Gasteiger partial charge is 0.439 e. The second kappa shape index (κ2) is 8.51. The molecule has 0 amide bonds. The van der Waals surface area contributed by atoms with Gasteiger partial charge in [0.2, 0.25) is 11.8 Å². The molecule has 0 radical (unpaired) electrons. The molecule has 2 aromatic carbocycles. The average molecular weight is 436 g/mol. The fraction of sp³-hybridized carbons (Fsp3) is 0.250. The van der Waals surface area contributed by atoms with E-state index in [1.165, 1.54) is 12.1 Å². The summed E-state index contributed by atoms with van der Waals surface area (Å²) in [4.78, 5) is 9.03. The average Bonchev–Trinajstić information content (AvgIpc) is 2.74. The first kappa shape index (κ1) is 21.1. The van der Waals surface area contributed by atoms with E-state index in [0.29, 0.717) is 11.4 Å². The van der Waals surface area contributed by atoms with Gasteiger partial charge in [0.05, 0.1) is 10.6 Å². The molecule has 0 spiro atoms. The Balaban J connectivity index is 1.75. The number of nitrogens with zero attached hydrogens (tertiary/aromatic N) is 2. The zero-order valence-electron chi connectivity index (χ0n) is 17.6. The Morgan fingerprint density at radius 3 is 2.32 bits per heavy atom. The van der Waals surface area contributed by atoms with E-state index < -0.39 is 10.0 Å². The van der Waals surface area contributed by atoms with Crippen LogP contribution in [0.4, 0.5) is 5.95 Å². The van der Waals surface area contributed by atoms with Crippen molar-refractivity contribution in [3.63, 3.8) is 0 Å². The number of ether oxygens (including phenoxy) is 1. The zero-order valence-corrected chi connectivity index (χ0v) is 18.4. The van der Waals surface area contributed by atoms with Crippen molar-refractivity contribution in [3.05, 3.63) is 78.5 Å². The predicted molar refractivity (Wildman–Crippen MR) is 121 cm³/mol. The molecule has 1 heterocycles. The molecule has 1 N–H and O–H groups in total. The summed E-state index contributed by atoms with van der Waals surface area (Å²) in [6, 6.07) is 19.2. The topological polar surface area (TPSA) is 81.2 Å². The molecule has 31 heavy (non-hydrogen) atoms. The minimum atomic E-state index is -3.83.